The fourth-order valence-corrected chi connectivity index (χ4v) is 2.45. The van der Waals surface area contributed by atoms with Crippen LogP contribution in [-0.4, -0.2) is 24.3 Å². The van der Waals surface area contributed by atoms with E-state index in [4.69, 9.17) is 4.74 Å². The van der Waals surface area contributed by atoms with Crippen molar-refractivity contribution in [1.29, 1.82) is 0 Å². The number of Topliss-reactive ketones (excluding diaryl/α,β-unsaturated/α-hetero) is 1. The highest BCUT2D eigenvalue weighted by Gasteiger charge is 2.17. The first-order valence-corrected chi connectivity index (χ1v) is 8.17. The Kier molecular flexibility index (Phi) is 6.60. The SMILES string of the molecule is CC(=O)Nc1ccc(C(=O)COC(=O)C[C@H](C)c2ccccc2)c(F)c1. The molecule has 0 aliphatic heterocycles. The zero-order valence-electron chi connectivity index (χ0n) is 14.6. The lowest BCUT2D eigenvalue weighted by atomic mass is 9.98. The summed E-state index contributed by atoms with van der Waals surface area (Å²) >= 11 is 0. The van der Waals surface area contributed by atoms with Gasteiger partial charge in [-0.25, -0.2) is 4.39 Å². The van der Waals surface area contributed by atoms with Gasteiger partial charge in [-0.2, -0.15) is 0 Å². The molecule has 26 heavy (non-hydrogen) atoms. The van der Waals surface area contributed by atoms with Crippen molar-refractivity contribution in [2.75, 3.05) is 11.9 Å². The van der Waals surface area contributed by atoms with E-state index in [0.717, 1.165) is 11.6 Å². The zero-order chi connectivity index (χ0) is 19.1. The molecule has 0 heterocycles. The molecule has 0 bridgehead atoms. The summed E-state index contributed by atoms with van der Waals surface area (Å²) in [5.74, 6) is -2.34. The van der Waals surface area contributed by atoms with Crippen molar-refractivity contribution in [2.45, 2.75) is 26.2 Å². The minimum Gasteiger partial charge on any atom is -0.457 e. The van der Waals surface area contributed by atoms with Crippen LogP contribution in [0.1, 0.15) is 42.1 Å². The molecule has 1 N–H and O–H groups in total. The third kappa shape index (κ3) is 5.51. The molecule has 0 saturated carbocycles. The summed E-state index contributed by atoms with van der Waals surface area (Å²) in [5, 5.41) is 2.42. The van der Waals surface area contributed by atoms with E-state index in [1.807, 2.05) is 37.3 Å². The van der Waals surface area contributed by atoms with Crippen molar-refractivity contribution in [3.05, 3.63) is 65.5 Å². The van der Waals surface area contributed by atoms with Crippen molar-refractivity contribution in [2.24, 2.45) is 0 Å². The summed E-state index contributed by atoms with van der Waals surface area (Å²) in [6.45, 7) is 2.66. The monoisotopic (exact) mass is 357 g/mol. The summed E-state index contributed by atoms with van der Waals surface area (Å²) in [6.07, 6.45) is 0.126. The largest absolute Gasteiger partial charge is 0.457 e. The van der Waals surface area contributed by atoms with E-state index >= 15 is 0 Å². The topological polar surface area (TPSA) is 72.5 Å². The van der Waals surface area contributed by atoms with Gasteiger partial charge in [0.1, 0.15) is 5.82 Å². The molecule has 2 rings (SSSR count). The lowest BCUT2D eigenvalue weighted by molar-refractivity contribution is -0.142. The molecule has 2 aromatic rings. The van der Waals surface area contributed by atoms with E-state index in [9.17, 15) is 18.8 Å². The number of hydrogen-bond acceptors (Lipinski definition) is 4. The molecule has 6 heteroatoms. The molecule has 0 aliphatic carbocycles. The molecule has 2 aromatic carbocycles. The number of nitrogens with one attached hydrogen (secondary N) is 1. The van der Waals surface area contributed by atoms with Crippen LogP contribution in [0.5, 0.6) is 0 Å². The van der Waals surface area contributed by atoms with Crippen LogP contribution in [0.25, 0.3) is 0 Å². The number of esters is 1. The molecule has 5 nitrogen and oxygen atoms in total. The number of amides is 1. The highest BCUT2D eigenvalue weighted by atomic mass is 19.1. The molecular formula is C20H20FNO4. The number of carbonyl (C=O) groups excluding carboxylic acids is 3. The van der Waals surface area contributed by atoms with E-state index in [1.165, 1.54) is 19.1 Å². The zero-order valence-corrected chi connectivity index (χ0v) is 14.6. The molecule has 0 aromatic heterocycles. The molecule has 0 spiro atoms. The first-order valence-electron chi connectivity index (χ1n) is 8.17. The Morgan fingerprint density at radius 2 is 1.81 bits per heavy atom. The summed E-state index contributed by atoms with van der Waals surface area (Å²) < 4.78 is 19.0. The van der Waals surface area contributed by atoms with Crippen molar-refractivity contribution < 1.29 is 23.5 Å². The fraction of sp³-hybridized carbons (Fsp3) is 0.250. The Hall–Kier alpha value is -3.02. The van der Waals surface area contributed by atoms with Gasteiger partial charge in [-0.05, 0) is 29.7 Å². The number of rotatable bonds is 7. The van der Waals surface area contributed by atoms with Gasteiger partial charge in [0.2, 0.25) is 11.7 Å². The number of ether oxygens (including phenoxy) is 1. The van der Waals surface area contributed by atoms with Crippen molar-refractivity contribution in [1.82, 2.24) is 0 Å². The number of carbonyl (C=O) groups is 3. The van der Waals surface area contributed by atoms with Gasteiger partial charge in [0.15, 0.2) is 6.61 Å². The van der Waals surface area contributed by atoms with Gasteiger partial charge in [-0.3, -0.25) is 14.4 Å². The molecule has 0 saturated heterocycles. The second-order valence-corrected chi connectivity index (χ2v) is 5.98. The lowest BCUT2D eigenvalue weighted by Crippen LogP contribution is -2.17. The standard InChI is InChI=1S/C20H20FNO4/c1-13(15-6-4-3-5-7-15)10-20(25)26-12-19(24)17-9-8-16(11-18(17)21)22-14(2)23/h3-9,11,13H,10,12H2,1-2H3,(H,22,23)/t13-/m0/s1. The van der Waals surface area contributed by atoms with Gasteiger partial charge < -0.3 is 10.1 Å². The van der Waals surface area contributed by atoms with Crippen LogP contribution in [0, 0.1) is 5.82 Å². The normalized spacial score (nSPS) is 11.5. The van der Waals surface area contributed by atoms with E-state index in [2.05, 4.69) is 5.32 Å². The lowest BCUT2D eigenvalue weighted by Gasteiger charge is -2.11. The van der Waals surface area contributed by atoms with Crippen LogP contribution in [0.3, 0.4) is 0 Å². The van der Waals surface area contributed by atoms with Crippen LogP contribution < -0.4 is 5.32 Å². The van der Waals surface area contributed by atoms with Crippen LogP contribution >= 0.6 is 0 Å². The molecule has 0 fully saturated rings. The van der Waals surface area contributed by atoms with E-state index < -0.39 is 24.2 Å². The second-order valence-electron chi connectivity index (χ2n) is 5.98. The number of anilines is 1. The van der Waals surface area contributed by atoms with E-state index in [1.54, 1.807) is 0 Å². The van der Waals surface area contributed by atoms with Gasteiger partial charge in [0.05, 0.1) is 12.0 Å². The molecular weight excluding hydrogens is 337 g/mol. The van der Waals surface area contributed by atoms with E-state index in [-0.39, 0.29) is 29.5 Å². The first kappa shape index (κ1) is 19.3. The van der Waals surface area contributed by atoms with Gasteiger partial charge >= 0.3 is 5.97 Å². The maximum absolute atomic E-state index is 14.0. The third-order valence-electron chi connectivity index (χ3n) is 3.80. The average Bonchev–Trinajstić information content (AvgIpc) is 2.60. The van der Waals surface area contributed by atoms with Gasteiger partial charge in [0.25, 0.3) is 0 Å². The number of hydrogen-bond donors (Lipinski definition) is 1. The molecule has 1 atom stereocenters. The number of halogens is 1. The summed E-state index contributed by atoms with van der Waals surface area (Å²) in [7, 11) is 0. The Balaban J connectivity index is 1.89. The minimum absolute atomic E-state index is 0.0486. The molecule has 0 unspecified atom stereocenters. The molecule has 1 amide bonds. The maximum Gasteiger partial charge on any atom is 0.306 e. The smallest absolute Gasteiger partial charge is 0.306 e. The summed E-state index contributed by atoms with van der Waals surface area (Å²) in [5.41, 5.74) is 1.05. The van der Waals surface area contributed by atoms with Gasteiger partial charge in [-0.15, -0.1) is 0 Å². The Morgan fingerprint density at radius 1 is 1.12 bits per heavy atom. The molecule has 0 radical (unpaired) electrons. The average molecular weight is 357 g/mol. The quantitative estimate of drug-likeness (QED) is 0.606. The maximum atomic E-state index is 14.0. The van der Waals surface area contributed by atoms with Crippen molar-refractivity contribution in [3.63, 3.8) is 0 Å². The Labute approximate surface area is 151 Å². The Morgan fingerprint density at radius 3 is 2.42 bits per heavy atom. The molecule has 136 valence electrons. The van der Waals surface area contributed by atoms with Gasteiger partial charge in [-0.1, -0.05) is 37.3 Å². The summed E-state index contributed by atoms with van der Waals surface area (Å²) in [4.78, 5) is 34.9. The van der Waals surface area contributed by atoms with E-state index in [0.29, 0.717) is 0 Å². The van der Waals surface area contributed by atoms with Crippen LogP contribution in [0.4, 0.5) is 10.1 Å². The predicted octanol–water partition coefficient (Wildman–Crippen LogP) is 3.70. The van der Waals surface area contributed by atoms with Gasteiger partial charge in [0, 0.05) is 12.6 Å². The molecule has 0 aliphatic rings. The van der Waals surface area contributed by atoms with Crippen molar-refractivity contribution >= 4 is 23.3 Å². The van der Waals surface area contributed by atoms with Crippen LogP contribution in [-0.2, 0) is 14.3 Å². The van der Waals surface area contributed by atoms with Crippen molar-refractivity contribution in [3.8, 4) is 0 Å². The minimum atomic E-state index is -0.782. The highest BCUT2D eigenvalue weighted by Crippen LogP contribution is 2.19. The predicted molar refractivity (Wildman–Crippen MR) is 95.5 cm³/mol. The fourth-order valence-electron chi connectivity index (χ4n) is 2.45. The van der Waals surface area contributed by atoms with Crippen LogP contribution in [0.2, 0.25) is 0 Å². The summed E-state index contributed by atoms with van der Waals surface area (Å²) in [6, 6.07) is 13.2. The number of benzene rings is 2. The second kappa shape index (κ2) is 8.89. The third-order valence-corrected chi connectivity index (χ3v) is 3.80. The first-order chi connectivity index (χ1) is 12.4. The number of ketones is 1. The highest BCUT2D eigenvalue weighted by molar-refractivity contribution is 5.99. The Bertz CT molecular complexity index is 805. The van der Waals surface area contributed by atoms with Crippen LogP contribution in [0.15, 0.2) is 48.5 Å².